The lowest BCUT2D eigenvalue weighted by Crippen LogP contribution is -2.27. The molecule has 0 aromatic rings. The van der Waals surface area contributed by atoms with Crippen molar-refractivity contribution in [3.63, 3.8) is 0 Å². The van der Waals surface area contributed by atoms with Crippen LogP contribution < -0.4 is 0 Å². The highest BCUT2D eigenvalue weighted by Gasteiger charge is 2.30. The van der Waals surface area contributed by atoms with Gasteiger partial charge in [-0.05, 0) is 25.7 Å². The van der Waals surface area contributed by atoms with E-state index in [1.54, 1.807) is 0 Å². The summed E-state index contributed by atoms with van der Waals surface area (Å²) in [4.78, 5) is 22.2. The SMILES string of the molecule is CC1(C)CCCCC1=O.CC1(C)CCCCC1=O. The molecule has 0 spiro atoms. The molecule has 0 bridgehead atoms. The van der Waals surface area contributed by atoms with Crippen LogP contribution in [0.5, 0.6) is 0 Å². The molecule has 2 nitrogen and oxygen atoms in total. The van der Waals surface area contributed by atoms with E-state index in [0.29, 0.717) is 11.6 Å². The van der Waals surface area contributed by atoms with Crippen molar-refractivity contribution in [1.29, 1.82) is 0 Å². The third-order valence-corrected chi connectivity index (χ3v) is 4.42. The minimum Gasteiger partial charge on any atom is -0.299 e. The summed E-state index contributed by atoms with van der Waals surface area (Å²) in [7, 11) is 0. The minimum atomic E-state index is -0.00174. The van der Waals surface area contributed by atoms with Crippen molar-refractivity contribution >= 4 is 11.6 Å². The third kappa shape index (κ3) is 4.22. The second-order valence-corrected chi connectivity index (χ2v) is 7.03. The summed E-state index contributed by atoms with van der Waals surface area (Å²) >= 11 is 0. The van der Waals surface area contributed by atoms with Crippen LogP contribution in [0.25, 0.3) is 0 Å². The Kier molecular flexibility index (Phi) is 5.12. The highest BCUT2D eigenvalue weighted by Crippen LogP contribution is 2.32. The van der Waals surface area contributed by atoms with Gasteiger partial charge in [0.1, 0.15) is 11.6 Å². The van der Waals surface area contributed by atoms with Gasteiger partial charge in [0.2, 0.25) is 0 Å². The predicted octanol–water partition coefficient (Wildman–Crippen LogP) is 4.31. The summed E-state index contributed by atoms with van der Waals surface area (Å²) < 4.78 is 0. The lowest BCUT2D eigenvalue weighted by Gasteiger charge is -2.27. The highest BCUT2D eigenvalue weighted by molar-refractivity contribution is 5.85. The summed E-state index contributed by atoms with van der Waals surface area (Å²) in [6.07, 6.45) is 8.50. The standard InChI is InChI=1S/2C8H14O/c2*1-8(2)6-4-3-5-7(8)9/h2*3-6H2,1-2H3. The van der Waals surface area contributed by atoms with Gasteiger partial charge in [0, 0.05) is 23.7 Å². The summed E-state index contributed by atoms with van der Waals surface area (Å²) in [5.41, 5.74) is -0.00347. The highest BCUT2D eigenvalue weighted by atomic mass is 16.1. The Labute approximate surface area is 112 Å². The fourth-order valence-electron chi connectivity index (χ4n) is 2.66. The van der Waals surface area contributed by atoms with E-state index < -0.39 is 0 Å². The lowest BCUT2D eigenvalue weighted by atomic mass is 9.76. The molecule has 0 N–H and O–H groups in total. The zero-order valence-electron chi connectivity index (χ0n) is 12.5. The van der Waals surface area contributed by atoms with Crippen molar-refractivity contribution in [3.05, 3.63) is 0 Å². The first-order chi connectivity index (χ1) is 8.26. The number of hydrogen-bond donors (Lipinski definition) is 0. The average molecular weight is 252 g/mol. The Bertz CT molecular complexity index is 281. The Hall–Kier alpha value is -0.660. The van der Waals surface area contributed by atoms with E-state index in [1.807, 2.05) is 0 Å². The molecule has 0 amide bonds. The Balaban J connectivity index is 0.000000180. The van der Waals surface area contributed by atoms with Crippen molar-refractivity contribution in [2.75, 3.05) is 0 Å². The molecule has 2 aliphatic rings. The van der Waals surface area contributed by atoms with Crippen molar-refractivity contribution in [2.24, 2.45) is 10.8 Å². The molecular formula is C16H28O2. The predicted molar refractivity (Wildman–Crippen MR) is 74.5 cm³/mol. The third-order valence-electron chi connectivity index (χ3n) is 4.42. The second-order valence-electron chi connectivity index (χ2n) is 7.03. The quantitative estimate of drug-likeness (QED) is 0.643. The van der Waals surface area contributed by atoms with Gasteiger partial charge in [0.25, 0.3) is 0 Å². The van der Waals surface area contributed by atoms with Crippen molar-refractivity contribution in [1.82, 2.24) is 0 Å². The van der Waals surface area contributed by atoms with Crippen LogP contribution in [-0.2, 0) is 9.59 Å². The average Bonchev–Trinajstić information content (AvgIpc) is 2.28. The number of carbonyl (C=O) groups is 2. The molecule has 2 heteroatoms. The molecule has 0 atom stereocenters. The molecule has 18 heavy (non-hydrogen) atoms. The normalized spacial score (nSPS) is 26.2. The maximum Gasteiger partial charge on any atom is 0.138 e. The van der Waals surface area contributed by atoms with Gasteiger partial charge in [-0.15, -0.1) is 0 Å². The summed E-state index contributed by atoms with van der Waals surface area (Å²) in [6, 6.07) is 0. The Morgan fingerprint density at radius 3 is 1.17 bits per heavy atom. The molecule has 0 aliphatic heterocycles. The molecular weight excluding hydrogens is 224 g/mol. The molecule has 0 heterocycles. The van der Waals surface area contributed by atoms with Crippen LogP contribution in [0.4, 0.5) is 0 Å². The first kappa shape index (κ1) is 15.4. The fourth-order valence-corrected chi connectivity index (χ4v) is 2.66. The van der Waals surface area contributed by atoms with E-state index >= 15 is 0 Å². The molecule has 2 aliphatic carbocycles. The molecule has 0 saturated heterocycles. The molecule has 0 aromatic carbocycles. The number of rotatable bonds is 0. The molecule has 0 aromatic heterocycles. The largest absolute Gasteiger partial charge is 0.299 e. The summed E-state index contributed by atoms with van der Waals surface area (Å²) in [5.74, 6) is 0.905. The van der Waals surface area contributed by atoms with Gasteiger partial charge in [-0.1, -0.05) is 40.5 Å². The monoisotopic (exact) mass is 252 g/mol. The van der Waals surface area contributed by atoms with Crippen molar-refractivity contribution < 1.29 is 9.59 Å². The van der Waals surface area contributed by atoms with E-state index in [9.17, 15) is 9.59 Å². The van der Waals surface area contributed by atoms with Gasteiger partial charge in [0.05, 0.1) is 0 Å². The van der Waals surface area contributed by atoms with Crippen LogP contribution in [0.3, 0.4) is 0 Å². The first-order valence-corrected chi connectivity index (χ1v) is 7.32. The molecule has 2 fully saturated rings. The van der Waals surface area contributed by atoms with E-state index in [0.717, 1.165) is 38.5 Å². The number of hydrogen-bond acceptors (Lipinski definition) is 2. The van der Waals surface area contributed by atoms with Crippen LogP contribution >= 0.6 is 0 Å². The van der Waals surface area contributed by atoms with Gasteiger partial charge in [-0.2, -0.15) is 0 Å². The molecule has 2 rings (SSSR count). The number of carbonyl (C=O) groups excluding carboxylic acids is 2. The van der Waals surface area contributed by atoms with E-state index in [4.69, 9.17) is 0 Å². The summed E-state index contributed by atoms with van der Waals surface area (Å²) in [5, 5.41) is 0. The van der Waals surface area contributed by atoms with Crippen LogP contribution in [0, 0.1) is 10.8 Å². The molecule has 0 radical (unpaired) electrons. The first-order valence-electron chi connectivity index (χ1n) is 7.32. The molecule has 0 unspecified atom stereocenters. The zero-order valence-corrected chi connectivity index (χ0v) is 12.5. The van der Waals surface area contributed by atoms with Crippen LogP contribution in [0.15, 0.2) is 0 Å². The summed E-state index contributed by atoms with van der Waals surface area (Å²) in [6.45, 7) is 8.20. The fraction of sp³-hybridized carbons (Fsp3) is 0.875. The number of Topliss-reactive ketones (excluding diaryl/α,β-unsaturated/α-hetero) is 2. The van der Waals surface area contributed by atoms with E-state index in [-0.39, 0.29) is 10.8 Å². The van der Waals surface area contributed by atoms with Crippen molar-refractivity contribution in [2.45, 2.75) is 79.1 Å². The Morgan fingerprint density at radius 1 is 0.667 bits per heavy atom. The van der Waals surface area contributed by atoms with Crippen LogP contribution in [0.1, 0.15) is 79.1 Å². The topological polar surface area (TPSA) is 34.1 Å². The van der Waals surface area contributed by atoms with Gasteiger partial charge >= 0.3 is 0 Å². The maximum absolute atomic E-state index is 11.1. The van der Waals surface area contributed by atoms with Crippen LogP contribution in [-0.4, -0.2) is 11.6 Å². The second kappa shape index (κ2) is 5.99. The number of ketones is 2. The van der Waals surface area contributed by atoms with Gasteiger partial charge in [-0.3, -0.25) is 9.59 Å². The Morgan fingerprint density at radius 2 is 1.00 bits per heavy atom. The zero-order chi connectivity index (χ0) is 13.8. The van der Waals surface area contributed by atoms with E-state index in [2.05, 4.69) is 27.7 Å². The van der Waals surface area contributed by atoms with Gasteiger partial charge in [0.15, 0.2) is 0 Å². The van der Waals surface area contributed by atoms with E-state index in [1.165, 1.54) is 12.8 Å². The van der Waals surface area contributed by atoms with Crippen molar-refractivity contribution in [3.8, 4) is 0 Å². The molecule has 104 valence electrons. The maximum atomic E-state index is 11.1. The van der Waals surface area contributed by atoms with Gasteiger partial charge < -0.3 is 0 Å². The van der Waals surface area contributed by atoms with Gasteiger partial charge in [-0.25, -0.2) is 0 Å². The smallest absolute Gasteiger partial charge is 0.138 e. The molecule has 2 saturated carbocycles. The van der Waals surface area contributed by atoms with Crippen LogP contribution in [0.2, 0.25) is 0 Å². The lowest BCUT2D eigenvalue weighted by molar-refractivity contribution is -0.129. The minimum absolute atomic E-state index is 0.00174.